The first kappa shape index (κ1) is 47.6. The molecule has 0 N–H and O–H groups in total. The lowest BCUT2D eigenvalue weighted by molar-refractivity contribution is 1.17. The van der Waals surface area contributed by atoms with Crippen molar-refractivity contribution in [2.75, 3.05) is 9.80 Å². The minimum atomic E-state index is 0.721. The Hall–Kier alpha value is -10.1. The number of aryl methyl sites for hydroxylation is 3. The summed E-state index contributed by atoms with van der Waals surface area (Å²) < 4.78 is 2.43. The Morgan fingerprint density at radius 2 is 0.718 bits per heavy atom. The summed E-state index contributed by atoms with van der Waals surface area (Å²) in [6, 6.07) is 100. The molecule has 5 heteroatoms. The van der Waals surface area contributed by atoms with Crippen LogP contribution < -0.4 is 9.80 Å². The van der Waals surface area contributed by atoms with Gasteiger partial charge in [0.1, 0.15) is 0 Å². The quantitative estimate of drug-likeness (QED) is 0.122. The highest BCUT2D eigenvalue weighted by Gasteiger charge is 2.21. The van der Waals surface area contributed by atoms with E-state index in [1.165, 1.54) is 38.6 Å². The first-order valence-corrected chi connectivity index (χ1v) is 26.6. The summed E-state index contributed by atoms with van der Waals surface area (Å²) in [7, 11) is 0. The van der Waals surface area contributed by atoms with Crippen molar-refractivity contribution in [1.29, 1.82) is 0 Å². The van der Waals surface area contributed by atoms with Gasteiger partial charge in [0, 0.05) is 67.3 Å². The second kappa shape index (κ2) is 20.6. The summed E-state index contributed by atoms with van der Waals surface area (Å²) in [5, 5.41) is 2.34. The van der Waals surface area contributed by atoms with Gasteiger partial charge in [-0.05, 0) is 164 Å². The molecule has 0 atom stereocenters. The van der Waals surface area contributed by atoms with E-state index in [-0.39, 0.29) is 0 Å². The van der Waals surface area contributed by atoms with Gasteiger partial charge >= 0.3 is 0 Å². The van der Waals surface area contributed by atoms with Gasteiger partial charge in [-0.1, -0.05) is 175 Å². The zero-order valence-electron chi connectivity index (χ0n) is 43.8. The molecule has 0 aliphatic heterocycles. The molecule has 372 valence electrons. The fourth-order valence-electron chi connectivity index (χ4n) is 11.0. The summed E-state index contributed by atoms with van der Waals surface area (Å²) in [6.07, 6.45) is 0. The lowest BCUT2D eigenvalue weighted by Gasteiger charge is -2.26. The predicted octanol–water partition coefficient (Wildman–Crippen LogP) is 19.8. The van der Waals surface area contributed by atoms with Crippen LogP contribution in [0.4, 0.5) is 34.1 Å². The van der Waals surface area contributed by atoms with E-state index >= 15 is 0 Å². The van der Waals surface area contributed by atoms with Crippen LogP contribution in [0.25, 0.3) is 83.6 Å². The van der Waals surface area contributed by atoms with E-state index in [1.54, 1.807) is 0 Å². The maximum absolute atomic E-state index is 5.12. The van der Waals surface area contributed by atoms with Gasteiger partial charge in [0.2, 0.25) is 0 Å². The number of hydrogen-bond donors (Lipinski definition) is 0. The summed E-state index contributed by atoms with van der Waals surface area (Å²) in [5.41, 5.74) is 23.1. The topological polar surface area (TPSA) is 37.2 Å². The van der Waals surface area contributed by atoms with E-state index in [2.05, 4.69) is 314 Å². The molecular weight excluding hydrogens is 947 g/mol. The molecule has 0 unspecified atom stereocenters. The number of rotatable bonds is 12. The molecule has 0 saturated heterocycles. The Labute approximate surface area is 456 Å². The second-order valence-corrected chi connectivity index (χ2v) is 20.1. The van der Waals surface area contributed by atoms with Gasteiger partial charge in [-0.3, -0.25) is 0 Å². The third-order valence-electron chi connectivity index (χ3n) is 14.8. The SMILES string of the molecule is Cc1cccc(-c2cc(-c3ccc(-c4ccc(-c5ccc(-n6c7ccc(N(c8ccccc8)c8ccccc8)cc7c7cc(N(c8ccccc8)c8ccccc8)ccc76)cc5C)cc4)cc3)nc(-c3cccc(C)c3)n2)c1. The maximum Gasteiger partial charge on any atom is 0.160 e. The van der Waals surface area contributed by atoms with E-state index in [1.807, 2.05) is 0 Å². The molecule has 78 heavy (non-hydrogen) atoms. The van der Waals surface area contributed by atoms with Crippen molar-refractivity contribution in [2.24, 2.45) is 0 Å². The molecule has 13 aromatic rings. The minimum Gasteiger partial charge on any atom is -0.310 e. The zero-order valence-corrected chi connectivity index (χ0v) is 43.8. The van der Waals surface area contributed by atoms with Gasteiger partial charge < -0.3 is 14.4 Å². The third kappa shape index (κ3) is 9.29. The highest BCUT2D eigenvalue weighted by molar-refractivity contribution is 6.12. The van der Waals surface area contributed by atoms with Crippen LogP contribution in [0.1, 0.15) is 16.7 Å². The summed E-state index contributed by atoms with van der Waals surface area (Å²) in [6.45, 7) is 6.45. The number of aromatic nitrogens is 3. The standard InChI is InChI=1S/C73H55N5/c1-50-18-16-20-57(44-50)70-49-69(74-73(75-70)58-21-17-19-51(2)45-58)56-36-32-54(33-37-56)53-30-34-55(35-31-53)66-41-38-63(46-52(66)3)78-71-42-39-64(76(59-22-8-4-9-23-59)60-24-10-5-11-25-60)47-67(71)68-48-65(40-43-72(68)78)77(61-26-12-6-13-27-61)62-28-14-7-15-29-62/h4-49H,1-3H3. The van der Waals surface area contributed by atoms with Gasteiger partial charge in [0.25, 0.3) is 0 Å². The molecule has 2 heterocycles. The van der Waals surface area contributed by atoms with Crippen LogP contribution in [0.5, 0.6) is 0 Å². The Balaban J connectivity index is 0.855. The van der Waals surface area contributed by atoms with Crippen LogP contribution in [0.15, 0.2) is 279 Å². The fourth-order valence-corrected chi connectivity index (χ4v) is 11.0. The van der Waals surface area contributed by atoms with Crippen molar-refractivity contribution in [3.8, 4) is 61.8 Å². The molecule has 11 aromatic carbocycles. The van der Waals surface area contributed by atoms with Crippen molar-refractivity contribution < 1.29 is 0 Å². The summed E-state index contributed by atoms with van der Waals surface area (Å²) in [4.78, 5) is 14.9. The van der Waals surface area contributed by atoms with Crippen LogP contribution in [0, 0.1) is 20.8 Å². The molecular formula is C73H55N5. The molecule has 0 bridgehead atoms. The first-order chi connectivity index (χ1) is 38.4. The largest absolute Gasteiger partial charge is 0.310 e. The van der Waals surface area contributed by atoms with Gasteiger partial charge in [-0.25, -0.2) is 9.97 Å². The lowest BCUT2D eigenvalue weighted by atomic mass is 9.96. The number of fused-ring (bicyclic) bond motifs is 3. The average Bonchev–Trinajstić information content (AvgIpc) is 3.87. The van der Waals surface area contributed by atoms with E-state index in [9.17, 15) is 0 Å². The summed E-state index contributed by atoms with van der Waals surface area (Å²) >= 11 is 0. The normalized spacial score (nSPS) is 11.3. The molecule has 0 saturated carbocycles. The number of para-hydroxylation sites is 4. The van der Waals surface area contributed by atoms with Gasteiger partial charge in [-0.15, -0.1) is 0 Å². The van der Waals surface area contributed by atoms with Crippen molar-refractivity contribution in [2.45, 2.75) is 20.8 Å². The first-order valence-electron chi connectivity index (χ1n) is 26.6. The molecule has 2 aromatic heterocycles. The molecule has 0 aliphatic carbocycles. The van der Waals surface area contributed by atoms with Crippen LogP contribution >= 0.6 is 0 Å². The van der Waals surface area contributed by atoms with Crippen molar-refractivity contribution in [3.05, 3.63) is 296 Å². The van der Waals surface area contributed by atoms with E-state index in [4.69, 9.17) is 9.97 Å². The zero-order chi connectivity index (χ0) is 52.5. The number of benzene rings is 11. The number of anilines is 6. The second-order valence-electron chi connectivity index (χ2n) is 20.1. The highest BCUT2D eigenvalue weighted by Crippen LogP contribution is 2.43. The van der Waals surface area contributed by atoms with Crippen molar-refractivity contribution in [1.82, 2.24) is 14.5 Å². The Bertz CT molecular complexity index is 3980. The molecule has 0 aliphatic rings. The molecule has 0 amide bonds. The van der Waals surface area contributed by atoms with E-state index < -0.39 is 0 Å². The maximum atomic E-state index is 5.12. The van der Waals surface area contributed by atoms with Gasteiger partial charge in [-0.2, -0.15) is 0 Å². The van der Waals surface area contributed by atoms with Gasteiger partial charge in [0.15, 0.2) is 5.82 Å². The van der Waals surface area contributed by atoms with Gasteiger partial charge in [0.05, 0.1) is 22.4 Å². The predicted molar refractivity (Wildman–Crippen MR) is 327 cm³/mol. The molecule has 5 nitrogen and oxygen atoms in total. The summed E-state index contributed by atoms with van der Waals surface area (Å²) in [5.74, 6) is 0.721. The van der Waals surface area contributed by atoms with Crippen LogP contribution in [-0.4, -0.2) is 14.5 Å². The molecule has 0 radical (unpaired) electrons. The Morgan fingerprint density at radius 3 is 1.18 bits per heavy atom. The monoisotopic (exact) mass is 1000 g/mol. The highest BCUT2D eigenvalue weighted by atomic mass is 15.1. The average molecular weight is 1000 g/mol. The number of nitrogens with zero attached hydrogens (tertiary/aromatic N) is 5. The smallest absolute Gasteiger partial charge is 0.160 e. The van der Waals surface area contributed by atoms with E-state index in [0.717, 1.165) is 95.9 Å². The molecule has 0 fully saturated rings. The molecule has 0 spiro atoms. The molecule has 13 rings (SSSR count). The minimum absolute atomic E-state index is 0.721. The fraction of sp³-hybridized carbons (Fsp3) is 0.0411. The van der Waals surface area contributed by atoms with Crippen molar-refractivity contribution in [3.63, 3.8) is 0 Å². The Kier molecular flexibility index (Phi) is 12.5. The third-order valence-corrected chi connectivity index (χ3v) is 14.8. The van der Waals surface area contributed by atoms with Crippen molar-refractivity contribution >= 4 is 55.9 Å². The lowest BCUT2D eigenvalue weighted by Crippen LogP contribution is -2.09. The van der Waals surface area contributed by atoms with Crippen LogP contribution in [0.2, 0.25) is 0 Å². The van der Waals surface area contributed by atoms with E-state index in [0.29, 0.717) is 0 Å². The van der Waals surface area contributed by atoms with Crippen LogP contribution in [-0.2, 0) is 0 Å². The number of hydrogen-bond acceptors (Lipinski definition) is 4. The van der Waals surface area contributed by atoms with Crippen LogP contribution in [0.3, 0.4) is 0 Å². The Morgan fingerprint density at radius 1 is 0.295 bits per heavy atom.